The maximum absolute atomic E-state index is 12.1. The van der Waals surface area contributed by atoms with Gasteiger partial charge in [0, 0.05) is 31.6 Å². The molecule has 0 saturated heterocycles. The summed E-state index contributed by atoms with van der Waals surface area (Å²) in [4.78, 5) is 25.9. The van der Waals surface area contributed by atoms with Crippen molar-refractivity contribution in [1.82, 2.24) is 4.90 Å². The Morgan fingerprint density at radius 2 is 1.79 bits per heavy atom. The Morgan fingerprint density at radius 3 is 2.29 bits per heavy atom. The molecule has 3 N–H and O–H groups in total. The number of amides is 2. The number of nitrogens with zero attached hydrogens (tertiary/aromatic N) is 1. The average molecular weight is 358 g/mol. The molecular formula is C17H28ClN3O3. The van der Waals surface area contributed by atoms with Crippen molar-refractivity contribution < 1.29 is 14.3 Å². The van der Waals surface area contributed by atoms with Gasteiger partial charge in [0.2, 0.25) is 11.8 Å². The fourth-order valence-corrected chi connectivity index (χ4v) is 2.32. The van der Waals surface area contributed by atoms with E-state index < -0.39 is 0 Å². The summed E-state index contributed by atoms with van der Waals surface area (Å²) in [5.74, 6) is 0.391. The van der Waals surface area contributed by atoms with E-state index in [0.29, 0.717) is 17.1 Å². The minimum atomic E-state index is -0.198. The molecule has 136 valence electrons. The van der Waals surface area contributed by atoms with Crippen LogP contribution in [0.4, 0.5) is 11.4 Å². The molecule has 24 heavy (non-hydrogen) atoms. The van der Waals surface area contributed by atoms with Crippen LogP contribution in [-0.4, -0.2) is 36.9 Å². The lowest BCUT2D eigenvalue weighted by molar-refractivity contribution is -0.132. The van der Waals surface area contributed by atoms with E-state index >= 15 is 0 Å². The standard InChI is InChI=1S/C17H27N3O3.ClH/c1-4-10-20(11-5-2)17(22)9-8-16(21)19-13-6-7-15(23-3)14(18)12-13;/h6-7,12H,4-5,8-11,18H2,1-3H3,(H,19,21);1H. The molecule has 0 atom stereocenters. The SMILES string of the molecule is CCCN(CCC)C(=O)CCC(=O)Nc1ccc(OC)c(N)c1.Cl. The van der Waals surface area contributed by atoms with Gasteiger partial charge in [-0.25, -0.2) is 0 Å². The molecule has 0 aliphatic heterocycles. The van der Waals surface area contributed by atoms with Crippen molar-refractivity contribution in [2.75, 3.05) is 31.2 Å². The number of carbonyl (C=O) groups is 2. The van der Waals surface area contributed by atoms with E-state index in [-0.39, 0.29) is 37.1 Å². The lowest BCUT2D eigenvalue weighted by atomic mass is 10.2. The number of anilines is 2. The first-order valence-corrected chi connectivity index (χ1v) is 8.02. The predicted molar refractivity (Wildman–Crippen MR) is 99.7 cm³/mol. The van der Waals surface area contributed by atoms with Crippen molar-refractivity contribution in [3.05, 3.63) is 18.2 Å². The maximum Gasteiger partial charge on any atom is 0.224 e. The van der Waals surface area contributed by atoms with Gasteiger partial charge in [-0.15, -0.1) is 12.4 Å². The van der Waals surface area contributed by atoms with Crippen molar-refractivity contribution in [2.24, 2.45) is 0 Å². The second-order valence-electron chi connectivity index (χ2n) is 5.39. The third kappa shape index (κ3) is 7.08. The van der Waals surface area contributed by atoms with Crippen LogP contribution >= 0.6 is 12.4 Å². The fourth-order valence-electron chi connectivity index (χ4n) is 2.32. The second-order valence-corrected chi connectivity index (χ2v) is 5.39. The van der Waals surface area contributed by atoms with Crippen LogP contribution in [0.2, 0.25) is 0 Å². The van der Waals surface area contributed by atoms with Gasteiger partial charge in [0.15, 0.2) is 0 Å². The lowest BCUT2D eigenvalue weighted by Gasteiger charge is -2.21. The van der Waals surface area contributed by atoms with Gasteiger partial charge >= 0.3 is 0 Å². The number of hydrogen-bond donors (Lipinski definition) is 2. The van der Waals surface area contributed by atoms with E-state index in [1.807, 2.05) is 18.7 Å². The molecule has 0 saturated carbocycles. The van der Waals surface area contributed by atoms with E-state index in [1.165, 1.54) is 7.11 Å². The van der Waals surface area contributed by atoms with Crippen LogP contribution in [0.3, 0.4) is 0 Å². The first-order chi connectivity index (χ1) is 11.0. The summed E-state index contributed by atoms with van der Waals surface area (Å²) in [6.07, 6.45) is 2.22. The molecule has 0 bridgehead atoms. The molecule has 1 rings (SSSR count). The minimum absolute atomic E-state index is 0. The van der Waals surface area contributed by atoms with Gasteiger partial charge in [-0.1, -0.05) is 13.8 Å². The molecule has 0 aromatic heterocycles. The first-order valence-electron chi connectivity index (χ1n) is 8.02. The minimum Gasteiger partial charge on any atom is -0.495 e. The third-order valence-electron chi connectivity index (χ3n) is 3.42. The summed E-state index contributed by atoms with van der Waals surface area (Å²) in [6, 6.07) is 5.05. The molecule has 1 aromatic rings. The van der Waals surface area contributed by atoms with Gasteiger partial charge in [-0.3, -0.25) is 9.59 Å². The number of halogens is 1. The molecule has 0 fully saturated rings. The number of rotatable bonds is 9. The molecule has 0 aliphatic carbocycles. The zero-order valence-electron chi connectivity index (χ0n) is 14.6. The van der Waals surface area contributed by atoms with Crippen LogP contribution in [0.1, 0.15) is 39.5 Å². The highest BCUT2D eigenvalue weighted by Gasteiger charge is 2.14. The Labute approximate surface area is 150 Å². The molecule has 0 spiro atoms. The third-order valence-corrected chi connectivity index (χ3v) is 3.42. The zero-order chi connectivity index (χ0) is 17.2. The lowest BCUT2D eigenvalue weighted by Crippen LogP contribution is -2.33. The summed E-state index contributed by atoms with van der Waals surface area (Å²) in [6.45, 7) is 5.56. The predicted octanol–water partition coefficient (Wildman–Crippen LogP) is 3.07. The van der Waals surface area contributed by atoms with Crippen LogP contribution in [-0.2, 0) is 9.59 Å². The molecule has 0 radical (unpaired) electrons. The number of ether oxygens (including phenoxy) is 1. The molecule has 7 heteroatoms. The Balaban J connectivity index is 0.00000529. The van der Waals surface area contributed by atoms with E-state index in [9.17, 15) is 9.59 Å². The summed E-state index contributed by atoms with van der Waals surface area (Å²) in [5, 5.41) is 2.75. The van der Waals surface area contributed by atoms with Crippen LogP contribution in [0.25, 0.3) is 0 Å². The van der Waals surface area contributed by atoms with Gasteiger partial charge < -0.3 is 20.7 Å². The number of carbonyl (C=O) groups excluding carboxylic acids is 2. The van der Waals surface area contributed by atoms with Crippen molar-refractivity contribution >= 4 is 35.6 Å². The summed E-state index contributed by atoms with van der Waals surface area (Å²) < 4.78 is 5.07. The average Bonchev–Trinajstić information content (AvgIpc) is 2.52. The first kappa shape index (κ1) is 22.1. The van der Waals surface area contributed by atoms with Crippen LogP contribution in [0.5, 0.6) is 5.75 Å². The topological polar surface area (TPSA) is 84.7 Å². The number of methoxy groups -OCH3 is 1. The van der Waals surface area contributed by atoms with Crippen LogP contribution in [0.15, 0.2) is 18.2 Å². The Kier molecular flexibility index (Phi) is 10.6. The maximum atomic E-state index is 12.1. The van der Waals surface area contributed by atoms with Gasteiger partial charge in [-0.05, 0) is 31.0 Å². The highest BCUT2D eigenvalue weighted by atomic mass is 35.5. The van der Waals surface area contributed by atoms with E-state index in [4.69, 9.17) is 10.5 Å². The van der Waals surface area contributed by atoms with E-state index in [1.54, 1.807) is 18.2 Å². The van der Waals surface area contributed by atoms with Crippen LogP contribution in [0, 0.1) is 0 Å². The molecule has 1 aromatic carbocycles. The molecular weight excluding hydrogens is 330 g/mol. The van der Waals surface area contributed by atoms with Gasteiger partial charge in [0.1, 0.15) is 5.75 Å². The van der Waals surface area contributed by atoms with Gasteiger partial charge in [0.05, 0.1) is 12.8 Å². The van der Waals surface area contributed by atoms with E-state index in [0.717, 1.165) is 25.9 Å². The monoisotopic (exact) mass is 357 g/mol. The summed E-state index contributed by atoms with van der Waals surface area (Å²) in [5.41, 5.74) is 6.85. The van der Waals surface area contributed by atoms with Gasteiger partial charge in [0.25, 0.3) is 0 Å². The highest BCUT2D eigenvalue weighted by Crippen LogP contribution is 2.24. The van der Waals surface area contributed by atoms with Crippen molar-refractivity contribution in [2.45, 2.75) is 39.5 Å². The Bertz CT molecular complexity index is 532. The normalized spacial score (nSPS) is 9.79. The number of hydrogen-bond acceptors (Lipinski definition) is 4. The van der Waals surface area contributed by atoms with Crippen molar-refractivity contribution in [1.29, 1.82) is 0 Å². The quantitative estimate of drug-likeness (QED) is 0.665. The smallest absolute Gasteiger partial charge is 0.224 e. The Hall–Kier alpha value is -1.95. The number of benzene rings is 1. The number of nitrogens with two attached hydrogens (primary N) is 1. The molecule has 2 amide bonds. The highest BCUT2D eigenvalue weighted by molar-refractivity contribution is 5.93. The summed E-state index contributed by atoms with van der Waals surface area (Å²) >= 11 is 0. The Morgan fingerprint density at radius 1 is 1.17 bits per heavy atom. The fraction of sp³-hybridized carbons (Fsp3) is 0.529. The van der Waals surface area contributed by atoms with Crippen molar-refractivity contribution in [3.8, 4) is 5.75 Å². The van der Waals surface area contributed by atoms with E-state index in [2.05, 4.69) is 5.32 Å². The second kappa shape index (κ2) is 11.6. The van der Waals surface area contributed by atoms with Crippen LogP contribution < -0.4 is 15.8 Å². The number of nitrogens with one attached hydrogen (secondary N) is 1. The largest absolute Gasteiger partial charge is 0.495 e. The van der Waals surface area contributed by atoms with Gasteiger partial charge in [-0.2, -0.15) is 0 Å². The zero-order valence-corrected chi connectivity index (χ0v) is 15.4. The molecule has 6 nitrogen and oxygen atoms in total. The summed E-state index contributed by atoms with van der Waals surface area (Å²) in [7, 11) is 1.54. The number of nitrogen functional groups attached to an aromatic ring is 1. The van der Waals surface area contributed by atoms with Crippen molar-refractivity contribution in [3.63, 3.8) is 0 Å². The molecule has 0 unspecified atom stereocenters. The molecule has 0 heterocycles. The molecule has 0 aliphatic rings.